The lowest BCUT2D eigenvalue weighted by Gasteiger charge is -2.39. The molecule has 278 valence electrons. The fourth-order valence-corrected chi connectivity index (χ4v) is 5.34. The van der Waals surface area contributed by atoms with Gasteiger partial charge in [0.05, 0.1) is 25.3 Å². The third-order valence-electron chi connectivity index (χ3n) is 8.06. The summed E-state index contributed by atoms with van der Waals surface area (Å²) in [6.45, 7) is -1.49. The third kappa shape index (κ3) is 7.78. The molecule has 3 heterocycles. The Morgan fingerprint density at radius 2 is 1.39 bits per heavy atom. The standard InChI is InChI=1S/C31H34O20/c1-45-16-3-10(2-14(34)22(16)38)29-17(49-31-28(44)25(41)23(39)18(8-32)50-31)6-12-13(33)4-11(5-15(12)48-29)47-30-27(43)26(42)24(40)19(51-30)9-46-21(37)7-20(35)36/h2-6,18-19,23-28,30-32,39-44H,7-9H2,1H3,(H3-,33,34,35,36,38)/p+1/t18-,19-,23-,24-,25+,26+,27-,28-,30-,31-/m1/s1. The number of phenolic OH excluding ortho intramolecular Hbond substituents is 3. The second-order valence-corrected chi connectivity index (χ2v) is 11.5. The normalized spacial score (nSPS) is 29.3. The molecule has 0 unspecified atom stereocenters. The van der Waals surface area contributed by atoms with Gasteiger partial charge in [-0.05, 0) is 0 Å². The number of fused-ring (bicyclic) bond motifs is 1. The minimum Gasteiger partial charge on any atom is -0.507 e. The predicted molar refractivity (Wildman–Crippen MR) is 163 cm³/mol. The first-order chi connectivity index (χ1) is 24.1. The maximum Gasteiger partial charge on any atom is 0.402 e. The van der Waals surface area contributed by atoms with Gasteiger partial charge in [-0.1, -0.05) is 0 Å². The number of methoxy groups -OCH3 is 1. The fraction of sp³-hybridized carbons (Fsp3) is 0.452. The van der Waals surface area contributed by atoms with Crippen LogP contribution in [0.5, 0.6) is 34.5 Å². The number of phenols is 3. The minimum atomic E-state index is -1.89. The van der Waals surface area contributed by atoms with Gasteiger partial charge < -0.3 is 84.6 Å². The second-order valence-electron chi connectivity index (χ2n) is 11.5. The highest BCUT2D eigenvalue weighted by molar-refractivity contribution is 5.90. The Hall–Kier alpha value is -4.77. The largest absolute Gasteiger partial charge is 0.507 e. The lowest BCUT2D eigenvalue weighted by atomic mass is 9.99. The number of aliphatic hydroxyl groups excluding tert-OH is 7. The number of benzene rings is 2. The topological polar surface area (TPSA) is 323 Å². The molecule has 2 aromatic carbocycles. The van der Waals surface area contributed by atoms with Crippen LogP contribution in [0.3, 0.4) is 0 Å². The number of aliphatic carboxylic acids is 1. The maximum absolute atomic E-state index is 11.7. The summed E-state index contributed by atoms with van der Waals surface area (Å²) in [6, 6.07) is 5.68. The van der Waals surface area contributed by atoms with Gasteiger partial charge in [0.15, 0.2) is 11.5 Å². The molecule has 2 fully saturated rings. The zero-order valence-electron chi connectivity index (χ0n) is 26.4. The summed E-state index contributed by atoms with van der Waals surface area (Å²) in [7, 11) is 1.20. The van der Waals surface area contributed by atoms with Crippen molar-refractivity contribution in [2.24, 2.45) is 0 Å². The van der Waals surface area contributed by atoms with Crippen LogP contribution in [0.25, 0.3) is 22.3 Å². The summed E-state index contributed by atoms with van der Waals surface area (Å²) < 4.78 is 38.3. The van der Waals surface area contributed by atoms with E-state index in [2.05, 4.69) is 0 Å². The van der Waals surface area contributed by atoms with Gasteiger partial charge in [0, 0.05) is 24.3 Å². The molecule has 11 N–H and O–H groups in total. The van der Waals surface area contributed by atoms with Crippen LogP contribution in [0, 0.1) is 0 Å². The summed E-state index contributed by atoms with van der Waals surface area (Å²) in [4.78, 5) is 22.4. The molecule has 2 aliphatic heterocycles. The van der Waals surface area contributed by atoms with E-state index >= 15 is 0 Å². The van der Waals surface area contributed by atoms with Crippen LogP contribution >= 0.6 is 0 Å². The number of carbonyl (C=O) groups excluding carboxylic acids is 1. The highest BCUT2D eigenvalue weighted by Crippen LogP contribution is 2.45. The molecule has 0 radical (unpaired) electrons. The summed E-state index contributed by atoms with van der Waals surface area (Å²) in [5.74, 6) is -5.50. The van der Waals surface area contributed by atoms with Crippen molar-refractivity contribution >= 4 is 22.9 Å². The Balaban J connectivity index is 1.51. The molecule has 2 saturated heterocycles. The maximum atomic E-state index is 11.7. The molecule has 3 aromatic rings. The Morgan fingerprint density at radius 1 is 0.765 bits per heavy atom. The van der Waals surface area contributed by atoms with Crippen LogP contribution in [-0.4, -0.2) is 150 Å². The molecule has 2 aliphatic rings. The molecule has 0 saturated carbocycles. The first kappa shape index (κ1) is 37.5. The van der Waals surface area contributed by atoms with E-state index in [1.807, 2.05) is 0 Å². The SMILES string of the molecule is COc1cc(-c2[o+]c3cc(O[C@@H]4O[C@H](COC(=O)CC(=O)O)[C@@H](O)[C@H](O)[C@H]4O)cc(O)c3cc2O[C@@H]2O[C@H](CO)[C@@H](O)[C@H](O)[C@H]2O)cc(O)c1O. The molecule has 0 spiro atoms. The van der Waals surface area contributed by atoms with Crippen LogP contribution < -0.4 is 14.2 Å². The molecular weight excluding hydrogens is 692 g/mol. The lowest BCUT2D eigenvalue weighted by Crippen LogP contribution is -2.60. The van der Waals surface area contributed by atoms with Crippen molar-refractivity contribution in [1.82, 2.24) is 0 Å². The van der Waals surface area contributed by atoms with Crippen molar-refractivity contribution in [2.75, 3.05) is 20.3 Å². The minimum absolute atomic E-state index is 0.0158. The Morgan fingerprint density at radius 3 is 2.02 bits per heavy atom. The molecule has 1 aromatic heterocycles. The van der Waals surface area contributed by atoms with Gasteiger partial charge in [-0.15, -0.1) is 0 Å². The molecule has 51 heavy (non-hydrogen) atoms. The number of esters is 1. The molecule has 10 atom stereocenters. The Kier molecular flexibility index (Phi) is 11.2. The molecule has 5 rings (SSSR count). The van der Waals surface area contributed by atoms with Crippen LogP contribution in [0.1, 0.15) is 6.42 Å². The molecule has 0 amide bonds. The van der Waals surface area contributed by atoms with Crippen LogP contribution in [0.4, 0.5) is 0 Å². The van der Waals surface area contributed by atoms with Crippen LogP contribution in [0.15, 0.2) is 34.7 Å². The summed E-state index contributed by atoms with van der Waals surface area (Å²) in [5, 5.41) is 112. The molecular formula is C31H35O20+. The van der Waals surface area contributed by atoms with Gasteiger partial charge in [-0.25, -0.2) is 4.42 Å². The van der Waals surface area contributed by atoms with Crippen molar-refractivity contribution in [2.45, 2.75) is 67.8 Å². The van der Waals surface area contributed by atoms with Gasteiger partial charge in [0.1, 0.15) is 78.7 Å². The van der Waals surface area contributed by atoms with Crippen molar-refractivity contribution in [1.29, 1.82) is 0 Å². The van der Waals surface area contributed by atoms with Gasteiger partial charge in [0.25, 0.3) is 0 Å². The van der Waals surface area contributed by atoms with E-state index < -0.39 is 110 Å². The summed E-state index contributed by atoms with van der Waals surface area (Å²) in [6.07, 6.45) is -18.3. The van der Waals surface area contributed by atoms with E-state index in [-0.39, 0.29) is 39.5 Å². The quantitative estimate of drug-likeness (QED) is 0.0436. The average Bonchev–Trinajstić information content (AvgIpc) is 3.09. The van der Waals surface area contributed by atoms with E-state index in [1.54, 1.807) is 0 Å². The monoisotopic (exact) mass is 727 g/mol. The number of carboxylic acids is 1. The van der Waals surface area contributed by atoms with E-state index in [9.17, 15) is 60.7 Å². The Bertz CT molecular complexity index is 1750. The van der Waals surface area contributed by atoms with E-state index in [1.165, 1.54) is 25.3 Å². The predicted octanol–water partition coefficient (Wildman–Crippen LogP) is -2.11. The van der Waals surface area contributed by atoms with E-state index in [0.717, 1.165) is 12.1 Å². The number of hydrogen-bond acceptors (Lipinski definition) is 18. The number of aromatic hydroxyl groups is 3. The van der Waals surface area contributed by atoms with Crippen LogP contribution in [0.2, 0.25) is 0 Å². The van der Waals surface area contributed by atoms with Crippen LogP contribution in [-0.2, 0) is 23.8 Å². The third-order valence-corrected chi connectivity index (χ3v) is 8.06. The molecule has 20 heteroatoms. The molecule has 0 bridgehead atoms. The van der Waals surface area contributed by atoms with Crippen molar-refractivity contribution in [3.05, 3.63) is 30.3 Å². The van der Waals surface area contributed by atoms with Gasteiger partial charge in [-0.3, -0.25) is 9.59 Å². The van der Waals surface area contributed by atoms with Gasteiger partial charge in [0.2, 0.25) is 24.1 Å². The average molecular weight is 728 g/mol. The molecule has 20 nitrogen and oxygen atoms in total. The zero-order chi connectivity index (χ0) is 37.3. The van der Waals surface area contributed by atoms with Gasteiger partial charge >= 0.3 is 23.3 Å². The number of carboxylic acid groups (broad SMARTS) is 1. The number of aliphatic hydroxyl groups is 7. The number of carbonyl (C=O) groups is 2. The Labute approximate surface area is 286 Å². The summed E-state index contributed by atoms with van der Waals surface area (Å²) >= 11 is 0. The number of ether oxygens (including phenoxy) is 6. The first-order valence-electron chi connectivity index (χ1n) is 15.1. The van der Waals surface area contributed by atoms with Crippen molar-refractivity contribution < 1.29 is 98.6 Å². The smallest absolute Gasteiger partial charge is 0.402 e. The van der Waals surface area contributed by atoms with Gasteiger partial charge in [-0.2, -0.15) is 0 Å². The number of hydrogen-bond donors (Lipinski definition) is 11. The highest BCUT2D eigenvalue weighted by atomic mass is 16.7. The van der Waals surface area contributed by atoms with E-state index in [4.69, 9.17) is 37.9 Å². The zero-order valence-corrected chi connectivity index (χ0v) is 26.4. The number of rotatable bonds is 11. The highest BCUT2D eigenvalue weighted by Gasteiger charge is 2.47. The van der Waals surface area contributed by atoms with E-state index in [0.29, 0.717) is 0 Å². The lowest BCUT2D eigenvalue weighted by molar-refractivity contribution is -0.278. The van der Waals surface area contributed by atoms with Crippen molar-refractivity contribution in [3.63, 3.8) is 0 Å². The fourth-order valence-electron chi connectivity index (χ4n) is 5.34. The second kappa shape index (κ2) is 15.2. The van der Waals surface area contributed by atoms with Crippen molar-refractivity contribution in [3.8, 4) is 45.8 Å². The molecule has 0 aliphatic carbocycles. The summed E-state index contributed by atoms with van der Waals surface area (Å²) in [5.41, 5.74) is -0.185. The first-order valence-corrected chi connectivity index (χ1v) is 15.1.